The van der Waals surface area contributed by atoms with Gasteiger partial charge in [0, 0.05) is 37.4 Å². The van der Waals surface area contributed by atoms with Crippen LogP contribution in [0.25, 0.3) is 5.65 Å². The number of fused-ring (bicyclic) bond motifs is 1. The summed E-state index contributed by atoms with van der Waals surface area (Å²) in [5.41, 5.74) is 7.31. The van der Waals surface area contributed by atoms with Crippen molar-refractivity contribution in [3.05, 3.63) is 60.4 Å². The summed E-state index contributed by atoms with van der Waals surface area (Å²) in [7, 11) is 0. The Morgan fingerprint density at radius 2 is 1.88 bits per heavy atom. The molecule has 5 heterocycles. The van der Waals surface area contributed by atoms with Gasteiger partial charge in [0.15, 0.2) is 17.2 Å². The van der Waals surface area contributed by atoms with Crippen LogP contribution >= 0.6 is 0 Å². The number of nitrogens with two attached hydrogens (primary N) is 1. The van der Waals surface area contributed by atoms with Crippen LogP contribution in [-0.2, 0) is 4.74 Å². The molecule has 1 amide bonds. The van der Waals surface area contributed by atoms with Crippen molar-refractivity contribution < 1.29 is 13.9 Å². The van der Waals surface area contributed by atoms with Gasteiger partial charge in [0.25, 0.3) is 5.91 Å². The van der Waals surface area contributed by atoms with Gasteiger partial charge >= 0.3 is 0 Å². The Hall–Kier alpha value is -4.36. The zero-order chi connectivity index (χ0) is 27.5. The van der Waals surface area contributed by atoms with Gasteiger partial charge in [0.1, 0.15) is 17.5 Å². The Kier molecular flexibility index (Phi) is 7.38. The van der Waals surface area contributed by atoms with E-state index in [0.717, 1.165) is 50.8 Å². The van der Waals surface area contributed by atoms with E-state index in [-0.39, 0.29) is 23.5 Å². The maximum Gasteiger partial charge on any atom is 0.276 e. The third-order valence-corrected chi connectivity index (χ3v) is 7.18. The molecule has 1 aliphatic heterocycles. The number of ether oxygens (including phenoxy) is 1. The quantitative estimate of drug-likeness (QED) is 0.272. The average molecular weight is 547 g/mol. The third-order valence-electron chi connectivity index (χ3n) is 7.18. The summed E-state index contributed by atoms with van der Waals surface area (Å²) in [5, 5.41) is 14.1. The highest BCUT2D eigenvalue weighted by Crippen LogP contribution is 2.27. The highest BCUT2D eigenvalue weighted by atomic mass is 19.1. The molecule has 4 aromatic rings. The number of carbonyl (C=O) groups excluding carboxylic acids is 1. The number of rotatable bonds is 7. The number of nitrogens with one attached hydrogen (secondary N) is 3. The van der Waals surface area contributed by atoms with Gasteiger partial charge in [0.05, 0.1) is 37.0 Å². The van der Waals surface area contributed by atoms with Gasteiger partial charge < -0.3 is 31.3 Å². The summed E-state index contributed by atoms with van der Waals surface area (Å²) in [6.45, 7) is 2.86. The number of hydrogen-bond acceptors (Lipinski definition) is 10. The minimum Gasteiger partial charge on any atom is -0.378 e. The van der Waals surface area contributed by atoms with E-state index in [0.29, 0.717) is 36.2 Å². The largest absolute Gasteiger partial charge is 0.378 e. The molecule has 208 valence electrons. The van der Waals surface area contributed by atoms with E-state index >= 15 is 0 Å². The van der Waals surface area contributed by atoms with Crippen LogP contribution in [-0.4, -0.2) is 68.9 Å². The van der Waals surface area contributed by atoms with Crippen LogP contribution in [0.1, 0.15) is 36.2 Å². The number of imidazole rings is 1. The van der Waals surface area contributed by atoms with E-state index < -0.39 is 11.7 Å². The molecule has 0 bridgehead atoms. The molecule has 5 N–H and O–H groups in total. The van der Waals surface area contributed by atoms with Crippen LogP contribution in [0.4, 0.5) is 33.2 Å². The number of amides is 1. The van der Waals surface area contributed by atoms with Crippen LogP contribution in [0.15, 0.2) is 48.9 Å². The first-order valence-corrected chi connectivity index (χ1v) is 13.4. The summed E-state index contributed by atoms with van der Waals surface area (Å²) >= 11 is 0. The SMILES string of the molecule is N[C@H]1CC[C@H](Nc2cc(Nc3cccc(N4CCOCC4)n3)c3ncc(C(=O)Nc4ccncc4F)n3n2)CC1. The number of halogens is 1. The molecule has 0 radical (unpaired) electrons. The molecule has 0 unspecified atom stereocenters. The van der Waals surface area contributed by atoms with E-state index in [1.54, 1.807) is 0 Å². The molecule has 2 aliphatic rings. The predicted molar refractivity (Wildman–Crippen MR) is 150 cm³/mol. The summed E-state index contributed by atoms with van der Waals surface area (Å²) in [6.07, 6.45) is 7.57. The Morgan fingerprint density at radius 3 is 2.67 bits per heavy atom. The van der Waals surface area contributed by atoms with E-state index in [2.05, 4.69) is 35.9 Å². The second kappa shape index (κ2) is 11.4. The highest BCUT2D eigenvalue weighted by Gasteiger charge is 2.22. The number of morpholine rings is 1. The van der Waals surface area contributed by atoms with Crippen molar-refractivity contribution >= 4 is 40.4 Å². The van der Waals surface area contributed by atoms with Crippen molar-refractivity contribution in [2.24, 2.45) is 5.73 Å². The maximum atomic E-state index is 14.2. The van der Waals surface area contributed by atoms with Gasteiger partial charge in [-0.1, -0.05) is 6.07 Å². The molecule has 13 heteroatoms. The number of aromatic nitrogens is 5. The van der Waals surface area contributed by atoms with Crippen LogP contribution in [0.2, 0.25) is 0 Å². The molecule has 1 saturated heterocycles. The molecular weight excluding hydrogens is 515 g/mol. The fraction of sp³-hybridized carbons (Fsp3) is 0.370. The molecule has 6 rings (SSSR count). The van der Waals surface area contributed by atoms with Gasteiger partial charge in [-0.25, -0.2) is 18.9 Å². The molecule has 1 aliphatic carbocycles. The van der Waals surface area contributed by atoms with E-state index in [1.807, 2.05) is 24.3 Å². The lowest BCUT2D eigenvalue weighted by Crippen LogP contribution is -2.36. The fourth-order valence-corrected chi connectivity index (χ4v) is 5.02. The fourth-order valence-electron chi connectivity index (χ4n) is 5.02. The standard InChI is InChI=1S/C27H31FN10O2/c28-19-15-30-9-8-20(19)34-27(39)22-16-31-26-21(14-24(36-38(22)26)32-18-6-4-17(29)5-7-18)33-23-2-1-3-25(35-23)37-10-12-40-13-11-37/h1-3,8-9,14-18H,4-7,10-13,29H2,(H,32,36)(H,33,35)(H,30,34,39)/t17-,18-. The normalized spacial score (nSPS) is 19.4. The first-order chi connectivity index (χ1) is 19.5. The van der Waals surface area contributed by atoms with Crippen LogP contribution in [0.5, 0.6) is 0 Å². The topological polar surface area (TPSA) is 148 Å². The Bertz CT molecular complexity index is 1500. The number of anilines is 5. The van der Waals surface area contributed by atoms with Crippen LogP contribution in [0.3, 0.4) is 0 Å². The van der Waals surface area contributed by atoms with Gasteiger partial charge in [-0.3, -0.25) is 9.78 Å². The summed E-state index contributed by atoms with van der Waals surface area (Å²) < 4.78 is 21.1. The predicted octanol–water partition coefficient (Wildman–Crippen LogP) is 3.17. The summed E-state index contributed by atoms with van der Waals surface area (Å²) in [5.74, 6) is 0.855. The zero-order valence-electron chi connectivity index (χ0n) is 21.9. The minimum atomic E-state index is -0.635. The number of nitrogens with zero attached hydrogens (tertiary/aromatic N) is 6. The average Bonchev–Trinajstić information content (AvgIpc) is 3.41. The minimum absolute atomic E-state index is 0.0188. The first-order valence-electron chi connectivity index (χ1n) is 13.4. The van der Waals surface area contributed by atoms with Crippen LogP contribution in [0, 0.1) is 5.82 Å². The number of carbonyl (C=O) groups is 1. The van der Waals surface area contributed by atoms with Crippen molar-refractivity contribution in [3.8, 4) is 0 Å². The van der Waals surface area contributed by atoms with Gasteiger partial charge in [-0.2, -0.15) is 0 Å². The van der Waals surface area contributed by atoms with E-state index in [9.17, 15) is 9.18 Å². The molecular formula is C27H31FN10O2. The lowest BCUT2D eigenvalue weighted by molar-refractivity contribution is 0.102. The van der Waals surface area contributed by atoms with Crippen molar-refractivity contribution in [1.82, 2.24) is 24.6 Å². The van der Waals surface area contributed by atoms with E-state index in [1.165, 1.54) is 23.0 Å². The van der Waals surface area contributed by atoms with Crippen molar-refractivity contribution in [2.75, 3.05) is 47.2 Å². The third kappa shape index (κ3) is 5.65. The Labute approximate surface area is 230 Å². The van der Waals surface area contributed by atoms with E-state index in [4.69, 9.17) is 15.5 Å². The van der Waals surface area contributed by atoms with Gasteiger partial charge in [-0.05, 0) is 43.9 Å². The highest BCUT2D eigenvalue weighted by molar-refractivity contribution is 6.03. The molecule has 0 aromatic carbocycles. The van der Waals surface area contributed by atoms with Crippen molar-refractivity contribution in [2.45, 2.75) is 37.8 Å². The summed E-state index contributed by atoms with van der Waals surface area (Å²) in [6, 6.07) is 9.46. The van der Waals surface area contributed by atoms with Gasteiger partial charge in [-0.15, -0.1) is 5.10 Å². The molecule has 4 aromatic heterocycles. The number of pyridine rings is 2. The second-order valence-electron chi connectivity index (χ2n) is 9.99. The van der Waals surface area contributed by atoms with Crippen LogP contribution < -0.4 is 26.6 Å². The molecule has 0 atom stereocenters. The molecule has 0 spiro atoms. The first kappa shape index (κ1) is 25.9. The molecule has 12 nitrogen and oxygen atoms in total. The second-order valence-corrected chi connectivity index (χ2v) is 9.99. The van der Waals surface area contributed by atoms with Crippen molar-refractivity contribution in [1.29, 1.82) is 0 Å². The Balaban J connectivity index is 1.33. The monoisotopic (exact) mass is 546 g/mol. The zero-order valence-corrected chi connectivity index (χ0v) is 21.9. The van der Waals surface area contributed by atoms with Gasteiger partial charge in [0.2, 0.25) is 0 Å². The van der Waals surface area contributed by atoms with Crippen molar-refractivity contribution in [3.63, 3.8) is 0 Å². The molecule has 1 saturated carbocycles. The lowest BCUT2D eigenvalue weighted by Gasteiger charge is -2.28. The number of hydrogen-bond donors (Lipinski definition) is 4. The summed E-state index contributed by atoms with van der Waals surface area (Å²) in [4.78, 5) is 28.4. The molecule has 40 heavy (non-hydrogen) atoms. The Morgan fingerprint density at radius 1 is 1.05 bits per heavy atom. The lowest BCUT2D eigenvalue weighted by atomic mass is 9.92. The smallest absolute Gasteiger partial charge is 0.276 e. The molecule has 2 fully saturated rings. The maximum absolute atomic E-state index is 14.2.